The van der Waals surface area contributed by atoms with Crippen LogP contribution in [0.1, 0.15) is 0 Å². The summed E-state index contributed by atoms with van der Waals surface area (Å²) in [6.07, 6.45) is 0. The maximum absolute atomic E-state index is 6.00. The van der Waals surface area contributed by atoms with Crippen molar-refractivity contribution in [3.05, 3.63) is 59.6 Å². The topological polar surface area (TPSA) is 45.2 Å². The number of likely N-dealkylation sites (N-methyl/N-ethyl adjacent to an activating group) is 1. The van der Waals surface area contributed by atoms with E-state index in [0.29, 0.717) is 10.8 Å². The second-order valence-corrected chi connectivity index (χ2v) is 6.91. The van der Waals surface area contributed by atoms with Crippen molar-refractivity contribution in [3.63, 3.8) is 0 Å². The summed E-state index contributed by atoms with van der Waals surface area (Å²) in [4.78, 5) is 9.52. The number of hydrogen-bond acceptors (Lipinski definition) is 5. The summed E-state index contributed by atoms with van der Waals surface area (Å²) in [6, 6.07) is 17.7. The van der Waals surface area contributed by atoms with Gasteiger partial charge in [0.25, 0.3) is 0 Å². The molecule has 0 bridgehead atoms. The monoisotopic (exact) mass is 365 g/mol. The predicted octanol–water partition coefficient (Wildman–Crippen LogP) is 3.61. The van der Waals surface area contributed by atoms with Gasteiger partial charge in [-0.15, -0.1) is 10.2 Å². The van der Waals surface area contributed by atoms with Gasteiger partial charge < -0.3 is 9.80 Å². The highest BCUT2D eigenvalue weighted by atomic mass is 35.5. The lowest BCUT2D eigenvalue weighted by Crippen LogP contribution is -2.45. The van der Waals surface area contributed by atoms with Gasteiger partial charge in [0.05, 0.1) is 0 Å². The van der Waals surface area contributed by atoms with Crippen LogP contribution in [-0.2, 0) is 0 Å². The first-order chi connectivity index (χ1) is 12.7. The zero-order valence-corrected chi connectivity index (χ0v) is 15.4. The van der Waals surface area contributed by atoms with E-state index >= 15 is 0 Å². The number of rotatable bonds is 3. The minimum Gasteiger partial charge on any atom is -0.352 e. The Morgan fingerprint density at radius 2 is 1.50 bits per heavy atom. The Hall–Kier alpha value is -2.50. The van der Waals surface area contributed by atoms with Crippen LogP contribution in [0.4, 0.5) is 5.82 Å². The van der Waals surface area contributed by atoms with Gasteiger partial charge in [0.15, 0.2) is 11.6 Å². The van der Waals surface area contributed by atoms with Crippen LogP contribution in [0.15, 0.2) is 54.6 Å². The highest BCUT2D eigenvalue weighted by molar-refractivity contribution is 6.30. The van der Waals surface area contributed by atoms with Crippen LogP contribution in [0.5, 0.6) is 0 Å². The van der Waals surface area contributed by atoms with Crippen LogP contribution in [-0.4, -0.2) is 53.3 Å². The van der Waals surface area contributed by atoms with Crippen molar-refractivity contribution in [2.45, 2.75) is 0 Å². The van der Waals surface area contributed by atoms with E-state index in [4.69, 9.17) is 16.6 Å². The molecule has 1 aliphatic heterocycles. The number of benzene rings is 2. The van der Waals surface area contributed by atoms with Crippen molar-refractivity contribution in [1.82, 2.24) is 20.1 Å². The van der Waals surface area contributed by atoms with Gasteiger partial charge >= 0.3 is 0 Å². The Labute approximate surface area is 158 Å². The van der Waals surface area contributed by atoms with Crippen LogP contribution in [0, 0.1) is 0 Å². The molecule has 2 heterocycles. The van der Waals surface area contributed by atoms with Gasteiger partial charge in [-0.2, -0.15) is 0 Å². The fourth-order valence-electron chi connectivity index (χ4n) is 3.06. The van der Waals surface area contributed by atoms with E-state index in [1.807, 2.05) is 54.6 Å². The molecule has 0 aliphatic carbocycles. The smallest absolute Gasteiger partial charge is 0.183 e. The average Bonchev–Trinajstić information content (AvgIpc) is 2.69. The van der Waals surface area contributed by atoms with Crippen molar-refractivity contribution >= 4 is 17.4 Å². The molecule has 1 aliphatic rings. The maximum Gasteiger partial charge on any atom is 0.183 e. The Bertz CT molecular complexity index is 874. The third-order valence-electron chi connectivity index (χ3n) is 4.62. The van der Waals surface area contributed by atoms with Crippen LogP contribution >= 0.6 is 11.6 Å². The molecule has 0 radical (unpaired) electrons. The Kier molecular flexibility index (Phi) is 4.82. The molecule has 2 aromatic carbocycles. The number of anilines is 1. The fourth-order valence-corrected chi connectivity index (χ4v) is 3.19. The summed E-state index contributed by atoms with van der Waals surface area (Å²) in [5, 5.41) is 9.62. The molecule has 0 saturated carbocycles. The highest BCUT2D eigenvalue weighted by Gasteiger charge is 2.21. The molecule has 132 valence electrons. The molecular weight excluding hydrogens is 346 g/mol. The molecule has 3 aromatic rings. The molecule has 4 rings (SSSR count). The molecule has 26 heavy (non-hydrogen) atoms. The van der Waals surface area contributed by atoms with E-state index < -0.39 is 0 Å². The Morgan fingerprint density at radius 3 is 2.19 bits per heavy atom. The maximum atomic E-state index is 6.00. The van der Waals surface area contributed by atoms with Crippen molar-refractivity contribution in [2.75, 3.05) is 38.1 Å². The summed E-state index contributed by atoms with van der Waals surface area (Å²) < 4.78 is 0. The van der Waals surface area contributed by atoms with Gasteiger partial charge in [-0.1, -0.05) is 41.9 Å². The van der Waals surface area contributed by atoms with Crippen molar-refractivity contribution in [1.29, 1.82) is 0 Å². The lowest BCUT2D eigenvalue weighted by atomic mass is 10.1. The molecule has 0 amide bonds. The standard InChI is InChI=1S/C20H20ClN5/c1-25-11-13-26(14-12-25)20-18(15-5-3-2-4-6-15)23-24-19(22-20)16-7-9-17(21)10-8-16/h2-10H,11-14H2,1H3. The molecule has 0 N–H and O–H groups in total. The summed E-state index contributed by atoms with van der Waals surface area (Å²) in [5.41, 5.74) is 2.77. The van der Waals surface area contributed by atoms with Gasteiger partial charge in [-0.3, -0.25) is 0 Å². The van der Waals surface area contributed by atoms with Crippen LogP contribution in [0.3, 0.4) is 0 Å². The molecule has 1 aromatic heterocycles. The minimum atomic E-state index is 0.621. The van der Waals surface area contributed by atoms with E-state index in [9.17, 15) is 0 Å². The average molecular weight is 366 g/mol. The number of nitrogens with zero attached hydrogens (tertiary/aromatic N) is 5. The molecular formula is C20H20ClN5. The Morgan fingerprint density at radius 1 is 0.808 bits per heavy atom. The Balaban J connectivity index is 1.78. The molecule has 5 nitrogen and oxygen atoms in total. The van der Waals surface area contributed by atoms with E-state index in [0.717, 1.165) is 48.8 Å². The predicted molar refractivity (Wildman–Crippen MR) is 105 cm³/mol. The molecule has 0 unspecified atom stereocenters. The summed E-state index contributed by atoms with van der Waals surface area (Å²) >= 11 is 6.00. The molecule has 1 fully saturated rings. The summed E-state index contributed by atoms with van der Waals surface area (Å²) in [7, 11) is 2.15. The van der Waals surface area contributed by atoms with E-state index in [1.165, 1.54) is 0 Å². The largest absolute Gasteiger partial charge is 0.352 e. The number of hydrogen-bond donors (Lipinski definition) is 0. The van der Waals surface area contributed by atoms with Crippen molar-refractivity contribution in [3.8, 4) is 22.6 Å². The summed E-state index contributed by atoms with van der Waals surface area (Å²) in [5.74, 6) is 1.51. The first kappa shape index (κ1) is 16.9. The first-order valence-electron chi connectivity index (χ1n) is 8.70. The fraction of sp³-hybridized carbons (Fsp3) is 0.250. The normalized spacial score (nSPS) is 15.2. The van der Waals surface area contributed by atoms with E-state index in [2.05, 4.69) is 27.0 Å². The van der Waals surface area contributed by atoms with Crippen LogP contribution in [0.25, 0.3) is 22.6 Å². The zero-order chi connectivity index (χ0) is 17.9. The third kappa shape index (κ3) is 3.54. The number of aromatic nitrogens is 3. The lowest BCUT2D eigenvalue weighted by molar-refractivity contribution is 0.312. The van der Waals surface area contributed by atoms with E-state index in [1.54, 1.807) is 0 Å². The van der Waals surface area contributed by atoms with Gasteiger partial charge in [0.1, 0.15) is 5.69 Å². The van der Waals surface area contributed by atoms with Gasteiger partial charge in [-0.05, 0) is 31.3 Å². The van der Waals surface area contributed by atoms with Gasteiger partial charge in [0.2, 0.25) is 0 Å². The van der Waals surface area contributed by atoms with E-state index in [-0.39, 0.29) is 0 Å². The van der Waals surface area contributed by atoms with Crippen LogP contribution in [0.2, 0.25) is 5.02 Å². The third-order valence-corrected chi connectivity index (χ3v) is 4.87. The lowest BCUT2D eigenvalue weighted by Gasteiger charge is -2.33. The quantitative estimate of drug-likeness (QED) is 0.709. The zero-order valence-electron chi connectivity index (χ0n) is 14.6. The number of piperazine rings is 1. The first-order valence-corrected chi connectivity index (χ1v) is 9.08. The molecule has 1 saturated heterocycles. The number of halogens is 1. The summed E-state index contributed by atoms with van der Waals surface area (Å²) in [6.45, 7) is 3.87. The van der Waals surface area contributed by atoms with Gasteiger partial charge in [0, 0.05) is 42.3 Å². The molecule has 0 atom stereocenters. The van der Waals surface area contributed by atoms with Gasteiger partial charge in [-0.25, -0.2) is 4.98 Å². The molecule has 0 spiro atoms. The van der Waals surface area contributed by atoms with Crippen molar-refractivity contribution < 1.29 is 0 Å². The molecule has 6 heteroatoms. The minimum absolute atomic E-state index is 0.621. The van der Waals surface area contributed by atoms with Crippen LogP contribution < -0.4 is 4.90 Å². The SMILES string of the molecule is CN1CCN(c2nc(-c3ccc(Cl)cc3)nnc2-c2ccccc2)CC1. The highest BCUT2D eigenvalue weighted by Crippen LogP contribution is 2.29. The second-order valence-electron chi connectivity index (χ2n) is 6.47. The van der Waals surface area contributed by atoms with Crippen molar-refractivity contribution in [2.24, 2.45) is 0 Å². The second kappa shape index (κ2) is 7.40.